The molecule has 5 nitrogen and oxygen atoms in total. The topological polar surface area (TPSA) is 83.8 Å². The first-order valence-corrected chi connectivity index (χ1v) is 11.1. The Labute approximate surface area is 166 Å². The summed E-state index contributed by atoms with van der Waals surface area (Å²) in [5.41, 5.74) is -0.381. The van der Waals surface area contributed by atoms with E-state index in [1.165, 1.54) is 6.29 Å². The zero-order valence-electron chi connectivity index (χ0n) is 16.7. The highest BCUT2D eigenvalue weighted by Crippen LogP contribution is 2.69. The molecule has 28 heavy (non-hydrogen) atoms. The Morgan fingerprint density at radius 3 is 2.64 bits per heavy atom. The van der Waals surface area contributed by atoms with Gasteiger partial charge in [-0.1, -0.05) is 6.92 Å². The Balaban J connectivity index is 1.49. The van der Waals surface area contributed by atoms with Crippen molar-refractivity contribution in [2.75, 3.05) is 6.61 Å². The fraction of sp³-hybridized carbons (Fsp3) is 0.826. The molecule has 5 aliphatic rings. The van der Waals surface area contributed by atoms with E-state index in [1.807, 2.05) is 0 Å². The molecule has 5 rings (SSSR count). The van der Waals surface area contributed by atoms with Crippen molar-refractivity contribution in [3.8, 4) is 0 Å². The molecule has 0 aromatic carbocycles. The summed E-state index contributed by atoms with van der Waals surface area (Å²) in [5.74, 6) is 0.519. The molecule has 1 heterocycles. The van der Waals surface area contributed by atoms with Crippen LogP contribution in [0.15, 0.2) is 11.6 Å². The summed E-state index contributed by atoms with van der Waals surface area (Å²) in [6.45, 7) is 2.57. The average molecular weight is 389 g/mol. The predicted molar refractivity (Wildman–Crippen MR) is 102 cm³/mol. The van der Waals surface area contributed by atoms with Gasteiger partial charge in [0.1, 0.15) is 12.9 Å². The van der Waals surface area contributed by atoms with Gasteiger partial charge in [-0.3, -0.25) is 0 Å². The lowest BCUT2D eigenvalue weighted by atomic mass is 9.43. The minimum absolute atomic E-state index is 0.131. The molecule has 0 unspecified atom stereocenters. The van der Waals surface area contributed by atoms with Crippen molar-refractivity contribution >= 4 is 12.3 Å². The normalized spacial score (nSPS) is 52.9. The van der Waals surface area contributed by atoms with E-state index >= 15 is 0 Å². The van der Waals surface area contributed by atoms with Gasteiger partial charge in [-0.2, -0.15) is 0 Å². The van der Waals surface area contributed by atoms with E-state index in [2.05, 4.69) is 6.92 Å². The zero-order chi connectivity index (χ0) is 19.7. The smallest absolute Gasteiger partial charge is 0.331 e. The summed E-state index contributed by atoms with van der Waals surface area (Å²) in [6.07, 6.45) is 10.1. The quantitative estimate of drug-likeness (QED) is 0.561. The molecule has 4 fully saturated rings. The van der Waals surface area contributed by atoms with E-state index in [4.69, 9.17) is 4.74 Å². The van der Waals surface area contributed by atoms with E-state index in [9.17, 15) is 19.8 Å². The van der Waals surface area contributed by atoms with Crippen molar-refractivity contribution in [3.63, 3.8) is 0 Å². The average Bonchev–Trinajstić information content (AvgIpc) is 3.22. The zero-order valence-corrected chi connectivity index (χ0v) is 16.7. The van der Waals surface area contributed by atoms with Crippen molar-refractivity contribution in [3.05, 3.63) is 11.6 Å². The lowest BCUT2D eigenvalue weighted by molar-refractivity contribution is -0.207. The Bertz CT molecular complexity index is 731. The summed E-state index contributed by atoms with van der Waals surface area (Å²) >= 11 is 0. The molecule has 0 saturated heterocycles. The number of hydrogen-bond acceptors (Lipinski definition) is 5. The maximum atomic E-state index is 12.4. The van der Waals surface area contributed by atoms with Gasteiger partial charge in [-0.05, 0) is 87.0 Å². The van der Waals surface area contributed by atoms with Crippen LogP contribution in [0.25, 0.3) is 0 Å². The van der Waals surface area contributed by atoms with Crippen LogP contribution in [-0.4, -0.2) is 40.8 Å². The number of fused-ring (bicyclic) bond motifs is 5. The molecule has 1 aliphatic heterocycles. The van der Waals surface area contributed by atoms with E-state index in [1.54, 1.807) is 6.08 Å². The number of carbonyl (C=O) groups is 2. The van der Waals surface area contributed by atoms with Gasteiger partial charge in [0.2, 0.25) is 0 Å². The van der Waals surface area contributed by atoms with E-state index in [0.717, 1.165) is 56.9 Å². The molecule has 0 aromatic rings. The number of esters is 1. The maximum Gasteiger partial charge on any atom is 0.331 e. The van der Waals surface area contributed by atoms with Crippen molar-refractivity contribution in [2.45, 2.75) is 76.4 Å². The third-order valence-corrected chi connectivity index (χ3v) is 9.74. The maximum absolute atomic E-state index is 12.4. The molecule has 0 radical (unpaired) electrons. The second kappa shape index (κ2) is 6.15. The number of aldehydes is 1. The fourth-order valence-electron chi connectivity index (χ4n) is 8.31. The molecule has 5 heteroatoms. The molecule has 0 amide bonds. The number of aliphatic hydroxyl groups excluding tert-OH is 1. The molecule has 0 bridgehead atoms. The molecule has 4 saturated carbocycles. The molecule has 0 aromatic heterocycles. The number of aliphatic hydroxyl groups is 2. The van der Waals surface area contributed by atoms with Crippen LogP contribution < -0.4 is 0 Å². The third-order valence-electron chi connectivity index (χ3n) is 9.74. The molecular formula is C23H32O5. The second-order valence-electron chi connectivity index (χ2n) is 10.4. The van der Waals surface area contributed by atoms with Gasteiger partial charge in [0.05, 0.1) is 11.7 Å². The molecule has 4 aliphatic carbocycles. The predicted octanol–water partition coefficient (Wildman–Crippen LogP) is 2.78. The Morgan fingerprint density at radius 2 is 1.93 bits per heavy atom. The van der Waals surface area contributed by atoms with E-state index in [0.29, 0.717) is 13.0 Å². The van der Waals surface area contributed by atoms with Crippen molar-refractivity contribution in [1.82, 2.24) is 0 Å². The fourth-order valence-corrected chi connectivity index (χ4v) is 8.31. The van der Waals surface area contributed by atoms with E-state index < -0.39 is 5.60 Å². The molecule has 154 valence electrons. The van der Waals surface area contributed by atoms with Crippen molar-refractivity contribution in [1.29, 1.82) is 0 Å². The second-order valence-corrected chi connectivity index (χ2v) is 10.4. The first-order valence-electron chi connectivity index (χ1n) is 11.1. The van der Waals surface area contributed by atoms with Gasteiger partial charge < -0.3 is 19.7 Å². The number of carbonyl (C=O) groups excluding carboxylic acids is 2. The molecule has 8 atom stereocenters. The van der Waals surface area contributed by atoms with Crippen molar-refractivity contribution < 1.29 is 24.5 Å². The summed E-state index contributed by atoms with van der Waals surface area (Å²) in [5, 5.41) is 22.3. The first kappa shape index (κ1) is 18.8. The van der Waals surface area contributed by atoms with Crippen LogP contribution in [0.3, 0.4) is 0 Å². The van der Waals surface area contributed by atoms with Gasteiger partial charge in [-0.15, -0.1) is 0 Å². The third kappa shape index (κ3) is 2.26. The van der Waals surface area contributed by atoms with Gasteiger partial charge >= 0.3 is 5.97 Å². The Morgan fingerprint density at radius 1 is 1.11 bits per heavy atom. The van der Waals surface area contributed by atoms with Crippen molar-refractivity contribution in [2.24, 2.45) is 34.5 Å². The lowest BCUT2D eigenvalue weighted by Crippen LogP contribution is -2.63. The summed E-state index contributed by atoms with van der Waals surface area (Å²) < 4.78 is 5.17. The van der Waals surface area contributed by atoms with E-state index in [-0.39, 0.29) is 46.6 Å². The molecular weight excluding hydrogens is 356 g/mol. The highest BCUT2D eigenvalue weighted by atomic mass is 16.5. The lowest BCUT2D eigenvalue weighted by Gasteiger charge is -2.62. The summed E-state index contributed by atoms with van der Waals surface area (Å²) in [4.78, 5) is 24.1. The highest BCUT2D eigenvalue weighted by Gasteiger charge is 2.68. The van der Waals surface area contributed by atoms with Crippen LogP contribution in [0.5, 0.6) is 0 Å². The number of ether oxygens (including phenoxy) is 1. The van der Waals surface area contributed by atoms with Gasteiger partial charge in [-0.25, -0.2) is 4.79 Å². The van der Waals surface area contributed by atoms with Crippen LogP contribution in [0.2, 0.25) is 0 Å². The standard InChI is InChI=1S/C23H32O5/c1-21-7-5-18-19(3-2-15-11-16(25)4-8-22(15,18)13-24)23(21,27)9-6-17(21)14-10-20(26)28-12-14/h10,13,15-19,25,27H,2-9,11-12H2,1H3/t15-,16+,17+,18+,19-,21+,22+,23+/m0/s1. The highest BCUT2D eigenvalue weighted by molar-refractivity contribution is 5.85. The van der Waals surface area contributed by atoms with Crippen LogP contribution in [0.4, 0.5) is 0 Å². The number of rotatable bonds is 2. The molecule has 2 N–H and O–H groups in total. The summed E-state index contributed by atoms with van der Waals surface area (Å²) in [7, 11) is 0. The largest absolute Gasteiger partial charge is 0.458 e. The van der Waals surface area contributed by atoms with Crippen LogP contribution in [0.1, 0.15) is 64.7 Å². The Hall–Kier alpha value is -1.20. The number of cyclic esters (lactones) is 1. The van der Waals surface area contributed by atoms with Crippen LogP contribution in [-0.2, 0) is 14.3 Å². The van der Waals surface area contributed by atoms with Gasteiger partial charge in [0.15, 0.2) is 0 Å². The minimum atomic E-state index is -0.788. The minimum Gasteiger partial charge on any atom is -0.458 e. The summed E-state index contributed by atoms with van der Waals surface area (Å²) in [6, 6.07) is 0. The van der Waals surface area contributed by atoms with Crippen LogP contribution in [0, 0.1) is 34.5 Å². The van der Waals surface area contributed by atoms with Crippen LogP contribution >= 0.6 is 0 Å². The monoisotopic (exact) mass is 388 g/mol. The first-order chi connectivity index (χ1) is 13.3. The van der Waals surface area contributed by atoms with Gasteiger partial charge in [0.25, 0.3) is 0 Å². The molecule has 0 spiro atoms. The SMILES string of the molecule is C[C@]12CC[C@@H]3[C@H](CC[C@H]4C[C@H](O)CC[C@@]43C=O)[C@]1(O)CC[C@@H]2C1=CC(=O)OC1. The van der Waals surface area contributed by atoms with Gasteiger partial charge in [0, 0.05) is 16.9 Å². The Kier molecular flexibility index (Phi) is 4.13. The number of hydrogen-bond donors (Lipinski definition) is 2.